The maximum absolute atomic E-state index is 7.09. The van der Waals surface area contributed by atoms with Gasteiger partial charge < -0.3 is 13.9 Å². The van der Waals surface area contributed by atoms with Crippen molar-refractivity contribution < 1.29 is 30.4 Å². The standard InChI is InChI=1S/C71H74N4O.Pt/c1-66(2,3)51-37-38-72-63(44-51)75-61-34-26-25-33-59(61)60-36-35-57(46-62(60)75)76-58-43-53(68(7,8)9)41-56(45-58)74-47-73(55-40-52(67(4,5)6)39-54(42-55)69(10,11)48-27-19-16-20-28-48)64(70(12,13)49-29-21-17-22-30-49)65(74)71(14,15)50-31-23-18-24-32-50;/h16-44H,1-15H3;/q-2;. The molecule has 0 N–H and O–H groups in total. The molecule has 0 amide bonds. The molecule has 0 aliphatic carbocycles. The van der Waals surface area contributed by atoms with E-state index in [1.807, 2.05) is 12.3 Å². The second kappa shape index (κ2) is 20.2. The van der Waals surface area contributed by atoms with Crippen LogP contribution in [0.5, 0.6) is 11.5 Å². The Morgan fingerprint density at radius 2 is 0.974 bits per heavy atom. The number of benzene rings is 7. The van der Waals surface area contributed by atoms with Crippen molar-refractivity contribution in [2.24, 2.45) is 0 Å². The van der Waals surface area contributed by atoms with Crippen LogP contribution < -0.4 is 9.30 Å². The van der Waals surface area contributed by atoms with Gasteiger partial charge in [-0.05, 0) is 91.0 Å². The number of para-hydroxylation sites is 1. The van der Waals surface area contributed by atoms with Crippen LogP contribution in [-0.2, 0) is 53.6 Å². The molecule has 0 fully saturated rings. The Hall–Kier alpha value is -6.81. The summed E-state index contributed by atoms with van der Waals surface area (Å²) in [6, 6.07) is 69.0. The van der Waals surface area contributed by atoms with Crippen LogP contribution in [0.25, 0.3) is 39.0 Å². The second-order valence-electron chi connectivity index (χ2n) is 25.5. The molecule has 3 aromatic heterocycles. The molecule has 0 unspecified atom stereocenters. The number of nitrogens with zero attached hydrogens (tertiary/aromatic N) is 4. The van der Waals surface area contributed by atoms with Gasteiger partial charge in [-0.15, -0.1) is 29.7 Å². The molecule has 0 aliphatic rings. The molecule has 0 atom stereocenters. The fourth-order valence-electron chi connectivity index (χ4n) is 10.9. The smallest absolute Gasteiger partial charge is 0.267 e. The van der Waals surface area contributed by atoms with Crippen LogP contribution in [0.4, 0.5) is 0 Å². The van der Waals surface area contributed by atoms with Crippen LogP contribution in [0.1, 0.15) is 154 Å². The summed E-state index contributed by atoms with van der Waals surface area (Å²) < 4.78 is 14.0. The van der Waals surface area contributed by atoms with Crippen molar-refractivity contribution in [1.29, 1.82) is 0 Å². The van der Waals surface area contributed by atoms with Gasteiger partial charge in [0, 0.05) is 60.5 Å². The summed E-state index contributed by atoms with van der Waals surface area (Å²) in [4.78, 5) is 4.95. The summed E-state index contributed by atoms with van der Waals surface area (Å²) in [6.07, 6.45) is 6.03. The molecule has 10 rings (SSSR count). The fraction of sp³-hybridized carbons (Fsp3) is 0.296. The van der Waals surface area contributed by atoms with Crippen molar-refractivity contribution in [3.05, 3.63) is 245 Å². The van der Waals surface area contributed by atoms with E-state index in [0.29, 0.717) is 11.5 Å². The van der Waals surface area contributed by atoms with E-state index in [9.17, 15) is 0 Å². The van der Waals surface area contributed by atoms with Gasteiger partial charge in [0.1, 0.15) is 5.82 Å². The van der Waals surface area contributed by atoms with Crippen molar-refractivity contribution >= 4 is 21.8 Å². The average Bonchev–Trinajstić information content (AvgIpc) is 4.12. The topological polar surface area (TPSA) is 35.9 Å². The van der Waals surface area contributed by atoms with E-state index in [1.165, 1.54) is 33.4 Å². The molecule has 7 aromatic carbocycles. The molecule has 0 saturated carbocycles. The van der Waals surface area contributed by atoms with Gasteiger partial charge in [0.15, 0.2) is 0 Å². The number of fused-ring (bicyclic) bond motifs is 3. The van der Waals surface area contributed by atoms with Crippen molar-refractivity contribution in [3.8, 4) is 28.7 Å². The van der Waals surface area contributed by atoms with Crippen molar-refractivity contribution in [2.75, 3.05) is 0 Å². The summed E-state index contributed by atoms with van der Waals surface area (Å²) >= 11 is 0. The molecule has 10 aromatic rings. The van der Waals surface area contributed by atoms with Gasteiger partial charge >= 0.3 is 0 Å². The zero-order chi connectivity index (χ0) is 54.2. The Balaban J connectivity index is 0.00000722. The third kappa shape index (κ3) is 10.4. The number of ether oxygens (including phenoxy) is 1. The molecule has 396 valence electrons. The number of hydrogen-bond donors (Lipinski definition) is 0. The van der Waals surface area contributed by atoms with E-state index in [4.69, 9.17) is 9.72 Å². The molecule has 0 radical (unpaired) electrons. The number of imidazole rings is 1. The predicted molar refractivity (Wildman–Crippen MR) is 314 cm³/mol. The first-order valence-corrected chi connectivity index (χ1v) is 27.0. The molecule has 6 heteroatoms. The van der Waals surface area contributed by atoms with E-state index in [-0.39, 0.29) is 42.7 Å². The minimum Gasteiger partial charge on any atom is -0.510 e. The predicted octanol–water partition coefficient (Wildman–Crippen LogP) is 17.3. The quantitative estimate of drug-likeness (QED) is 0.0956. The third-order valence-corrected chi connectivity index (χ3v) is 15.9. The minimum absolute atomic E-state index is 0. The van der Waals surface area contributed by atoms with Gasteiger partial charge in [0.05, 0.1) is 17.1 Å². The number of hydrogen-bond acceptors (Lipinski definition) is 2. The summed E-state index contributed by atoms with van der Waals surface area (Å²) in [6.45, 7) is 34.6. The van der Waals surface area contributed by atoms with Gasteiger partial charge in [-0.2, -0.15) is 17.7 Å². The van der Waals surface area contributed by atoms with Crippen LogP contribution in [0.15, 0.2) is 176 Å². The normalized spacial score (nSPS) is 12.8. The van der Waals surface area contributed by atoms with Crippen molar-refractivity contribution in [1.82, 2.24) is 14.1 Å². The minimum atomic E-state index is -0.546. The first kappa shape index (κ1) is 55.0. The van der Waals surface area contributed by atoms with E-state index in [1.54, 1.807) is 0 Å². The van der Waals surface area contributed by atoms with Crippen LogP contribution in [-0.4, -0.2) is 14.1 Å². The molecule has 0 bridgehead atoms. The van der Waals surface area contributed by atoms with E-state index in [2.05, 4.69) is 300 Å². The van der Waals surface area contributed by atoms with E-state index in [0.717, 1.165) is 55.9 Å². The molecule has 0 spiro atoms. The summed E-state index contributed by atoms with van der Waals surface area (Å²) in [5.41, 5.74) is 12.7. The van der Waals surface area contributed by atoms with Gasteiger partial charge in [-0.25, -0.2) is 4.98 Å². The van der Waals surface area contributed by atoms with Gasteiger partial charge in [0.25, 0.3) is 6.33 Å². The Morgan fingerprint density at radius 3 is 1.57 bits per heavy atom. The van der Waals surface area contributed by atoms with Gasteiger partial charge in [-0.1, -0.05) is 225 Å². The van der Waals surface area contributed by atoms with Crippen molar-refractivity contribution in [2.45, 2.75) is 136 Å². The molecule has 77 heavy (non-hydrogen) atoms. The Morgan fingerprint density at radius 1 is 0.442 bits per heavy atom. The molecule has 0 saturated heterocycles. The maximum atomic E-state index is 7.09. The molecular formula is C71H74N4OPt-2. The number of pyridine rings is 1. The summed E-state index contributed by atoms with van der Waals surface area (Å²) in [5, 5.41) is 2.22. The first-order chi connectivity index (χ1) is 35.8. The summed E-state index contributed by atoms with van der Waals surface area (Å²) in [5.74, 6) is 2.03. The maximum Gasteiger partial charge on any atom is 0.267 e. The number of rotatable bonds is 11. The Bertz CT molecular complexity index is 3750. The van der Waals surface area contributed by atoms with E-state index >= 15 is 0 Å². The fourth-order valence-corrected chi connectivity index (χ4v) is 10.9. The van der Waals surface area contributed by atoms with Crippen LogP contribution in [0.3, 0.4) is 0 Å². The molecule has 5 nitrogen and oxygen atoms in total. The molecule has 3 heterocycles. The van der Waals surface area contributed by atoms with Crippen molar-refractivity contribution in [3.63, 3.8) is 0 Å². The zero-order valence-corrected chi connectivity index (χ0v) is 50.0. The van der Waals surface area contributed by atoms with Crippen LogP contribution >= 0.6 is 0 Å². The third-order valence-electron chi connectivity index (χ3n) is 15.9. The average molecular weight is 1190 g/mol. The van der Waals surface area contributed by atoms with Crippen LogP contribution in [0.2, 0.25) is 0 Å². The molecular weight excluding hydrogens is 1120 g/mol. The largest absolute Gasteiger partial charge is 0.510 e. The van der Waals surface area contributed by atoms with Crippen LogP contribution in [0, 0.1) is 18.5 Å². The van der Waals surface area contributed by atoms with E-state index < -0.39 is 10.8 Å². The second-order valence-corrected chi connectivity index (χ2v) is 25.5. The summed E-state index contributed by atoms with van der Waals surface area (Å²) in [7, 11) is 0. The zero-order valence-electron chi connectivity index (χ0n) is 47.8. The van der Waals surface area contributed by atoms with Gasteiger partial charge in [-0.3, -0.25) is 4.57 Å². The monoisotopic (exact) mass is 1190 g/mol. The van der Waals surface area contributed by atoms with Gasteiger partial charge in [0.2, 0.25) is 0 Å². The molecule has 0 aliphatic heterocycles. The SMILES string of the molecule is CC(C)(C)c1cc(Oc2[c-]c3c(cc2)c2ccccc2n3-c2cc(C(C)(C)C)ccn2)[c-]c(-n2[c-][n+](-c3cc(C(C)(C)C)cc(C(C)(C)c4ccccc4)c3)c(C(C)(C)c3ccccc3)c2C(C)(C)c2ccccc2)c1.[Pt]. The number of aromatic nitrogens is 4. The Kier molecular flexibility index (Phi) is 14.4. The Labute approximate surface area is 473 Å². The first-order valence-electron chi connectivity index (χ1n) is 27.0.